The van der Waals surface area contributed by atoms with Crippen molar-refractivity contribution in [1.82, 2.24) is 5.32 Å². The molecule has 0 saturated heterocycles. The lowest BCUT2D eigenvalue weighted by molar-refractivity contribution is 0.0951. The van der Waals surface area contributed by atoms with Crippen LogP contribution in [0.3, 0.4) is 0 Å². The normalized spacial score (nSPS) is 9.86. The first-order valence-corrected chi connectivity index (χ1v) is 7.61. The van der Waals surface area contributed by atoms with E-state index in [1.807, 2.05) is 31.2 Å². The minimum atomic E-state index is -0.152. The molecule has 1 aromatic heterocycles. The van der Waals surface area contributed by atoms with Crippen molar-refractivity contribution in [2.45, 2.75) is 13.5 Å². The fourth-order valence-electron chi connectivity index (χ4n) is 1.82. The summed E-state index contributed by atoms with van der Waals surface area (Å²) in [6.45, 7) is 2.68. The molecule has 0 unspecified atom stereocenters. The van der Waals surface area contributed by atoms with Crippen LogP contribution in [0.1, 0.15) is 26.4 Å². The first-order valence-electron chi connectivity index (χ1n) is 6.42. The Morgan fingerprint density at radius 3 is 2.86 bits per heavy atom. The molecule has 108 valence electrons. The number of aryl methyl sites for hydroxylation is 1. The molecule has 2 aromatic rings. The second kappa shape index (κ2) is 7.28. The second-order valence-corrected chi connectivity index (χ2v) is 6.24. The van der Waals surface area contributed by atoms with Crippen molar-refractivity contribution in [2.75, 3.05) is 6.54 Å². The molecule has 1 heterocycles. The molecule has 0 saturated carbocycles. The molecule has 0 fully saturated rings. The minimum Gasteiger partial charge on any atom is -0.347 e. The van der Waals surface area contributed by atoms with Crippen molar-refractivity contribution in [3.63, 3.8) is 0 Å². The summed E-state index contributed by atoms with van der Waals surface area (Å²) in [6, 6.07) is 9.28. The zero-order valence-electron chi connectivity index (χ0n) is 11.6. The first-order chi connectivity index (χ1) is 10.1. The lowest BCUT2D eigenvalue weighted by Crippen LogP contribution is -2.23. The summed E-state index contributed by atoms with van der Waals surface area (Å²) in [7, 11) is 0. The summed E-state index contributed by atoms with van der Waals surface area (Å²) in [4.78, 5) is 13.3. The number of hydrogen-bond donors (Lipinski definition) is 2. The minimum absolute atomic E-state index is 0.152. The first kappa shape index (κ1) is 15.6. The molecule has 1 amide bonds. The van der Waals surface area contributed by atoms with Gasteiger partial charge in [-0.25, -0.2) is 0 Å². The van der Waals surface area contributed by atoms with E-state index in [9.17, 15) is 4.79 Å². The van der Waals surface area contributed by atoms with Gasteiger partial charge in [-0.1, -0.05) is 29.5 Å². The van der Waals surface area contributed by atoms with Gasteiger partial charge in [0.2, 0.25) is 0 Å². The predicted octanol–water partition coefficient (Wildman–Crippen LogP) is 2.95. The zero-order chi connectivity index (χ0) is 15.2. The van der Waals surface area contributed by atoms with Crippen LogP contribution in [0, 0.1) is 18.8 Å². The van der Waals surface area contributed by atoms with Gasteiger partial charge in [0.25, 0.3) is 5.91 Å². The molecule has 2 rings (SSSR count). The number of halogens is 1. The molecular formula is C16H15ClN2OS. The van der Waals surface area contributed by atoms with Crippen LogP contribution in [0.15, 0.2) is 30.3 Å². The molecule has 0 atom stereocenters. The molecule has 1 aromatic carbocycles. The second-order valence-electron chi connectivity index (χ2n) is 4.44. The van der Waals surface area contributed by atoms with E-state index >= 15 is 0 Å². The summed E-state index contributed by atoms with van der Waals surface area (Å²) >= 11 is 7.32. The Balaban J connectivity index is 2.14. The molecule has 3 N–H and O–H groups in total. The van der Waals surface area contributed by atoms with Gasteiger partial charge >= 0.3 is 0 Å². The van der Waals surface area contributed by atoms with Crippen molar-refractivity contribution >= 4 is 28.8 Å². The molecule has 5 heteroatoms. The number of thiophene rings is 1. The van der Waals surface area contributed by atoms with E-state index in [0.29, 0.717) is 22.0 Å². The fourth-order valence-corrected chi connectivity index (χ4v) is 2.84. The highest BCUT2D eigenvalue weighted by molar-refractivity contribution is 7.16. The largest absolute Gasteiger partial charge is 0.347 e. The number of benzene rings is 1. The highest BCUT2D eigenvalue weighted by Crippen LogP contribution is 2.21. The van der Waals surface area contributed by atoms with Crippen LogP contribution in [0.2, 0.25) is 4.34 Å². The number of rotatable bonds is 3. The standard InChI is InChI=1S/C16H15ClN2OS/c1-11-4-6-14(12(9-11)3-2-8-18)16(20)19-10-13-5-7-15(17)21-13/h4-7,9H,8,10,18H2,1H3,(H,19,20). The molecule has 3 nitrogen and oxygen atoms in total. The third kappa shape index (κ3) is 4.33. The Kier molecular flexibility index (Phi) is 5.40. The van der Waals surface area contributed by atoms with Crippen molar-refractivity contribution in [1.29, 1.82) is 0 Å². The topological polar surface area (TPSA) is 55.1 Å². The van der Waals surface area contributed by atoms with Gasteiger partial charge in [0.1, 0.15) is 0 Å². The van der Waals surface area contributed by atoms with Crippen LogP contribution in [0.25, 0.3) is 0 Å². The van der Waals surface area contributed by atoms with Gasteiger partial charge in [0.15, 0.2) is 0 Å². The molecule has 0 bridgehead atoms. The molecular weight excluding hydrogens is 304 g/mol. The Hall–Kier alpha value is -1.80. The molecule has 0 spiro atoms. The van der Waals surface area contributed by atoms with Crippen molar-refractivity contribution < 1.29 is 4.79 Å². The van der Waals surface area contributed by atoms with E-state index in [1.165, 1.54) is 11.3 Å². The molecule has 0 aliphatic carbocycles. The monoisotopic (exact) mass is 318 g/mol. The van der Waals surface area contributed by atoms with Gasteiger partial charge in [0, 0.05) is 10.4 Å². The van der Waals surface area contributed by atoms with Crippen molar-refractivity contribution in [2.24, 2.45) is 5.73 Å². The lowest BCUT2D eigenvalue weighted by atomic mass is 10.0. The summed E-state index contributed by atoms with van der Waals surface area (Å²) in [5.74, 6) is 5.58. The Bertz CT molecular complexity index is 713. The van der Waals surface area contributed by atoms with Crippen LogP contribution < -0.4 is 11.1 Å². The third-order valence-corrected chi connectivity index (χ3v) is 4.03. The summed E-state index contributed by atoms with van der Waals surface area (Å²) in [5.41, 5.74) is 7.70. The third-order valence-electron chi connectivity index (χ3n) is 2.80. The number of carbonyl (C=O) groups is 1. The van der Waals surface area contributed by atoms with E-state index in [-0.39, 0.29) is 12.5 Å². The molecule has 0 aliphatic rings. The average molecular weight is 319 g/mol. The van der Waals surface area contributed by atoms with Crippen molar-refractivity contribution in [3.8, 4) is 11.8 Å². The molecule has 0 radical (unpaired) electrons. The van der Waals surface area contributed by atoms with E-state index in [1.54, 1.807) is 6.07 Å². The maximum Gasteiger partial charge on any atom is 0.252 e. The zero-order valence-corrected chi connectivity index (χ0v) is 13.1. The van der Waals surface area contributed by atoms with Gasteiger partial charge in [0.05, 0.1) is 23.0 Å². The SMILES string of the molecule is Cc1ccc(C(=O)NCc2ccc(Cl)s2)c(C#CCN)c1. The number of hydrogen-bond acceptors (Lipinski definition) is 3. The van der Waals surface area contributed by atoms with Gasteiger partial charge in [-0.15, -0.1) is 11.3 Å². The van der Waals surface area contributed by atoms with Gasteiger partial charge in [-0.3, -0.25) is 4.79 Å². The van der Waals surface area contributed by atoms with Crippen LogP contribution in [-0.4, -0.2) is 12.5 Å². The van der Waals surface area contributed by atoms with Crippen LogP contribution in [0.5, 0.6) is 0 Å². The molecule has 0 aliphatic heterocycles. The number of carbonyl (C=O) groups excluding carboxylic acids is 1. The Morgan fingerprint density at radius 2 is 2.19 bits per heavy atom. The Morgan fingerprint density at radius 1 is 1.38 bits per heavy atom. The average Bonchev–Trinajstić information content (AvgIpc) is 2.88. The van der Waals surface area contributed by atoms with Gasteiger partial charge in [-0.2, -0.15) is 0 Å². The predicted molar refractivity (Wildman–Crippen MR) is 87.6 cm³/mol. The van der Waals surface area contributed by atoms with E-state index in [0.717, 1.165) is 10.4 Å². The lowest BCUT2D eigenvalue weighted by Gasteiger charge is -2.07. The molecule has 21 heavy (non-hydrogen) atoms. The summed E-state index contributed by atoms with van der Waals surface area (Å²) in [6.07, 6.45) is 0. The van der Waals surface area contributed by atoms with Crippen molar-refractivity contribution in [3.05, 3.63) is 56.2 Å². The van der Waals surface area contributed by atoms with E-state index in [4.69, 9.17) is 17.3 Å². The van der Waals surface area contributed by atoms with E-state index < -0.39 is 0 Å². The summed E-state index contributed by atoms with van der Waals surface area (Å²) < 4.78 is 0.712. The van der Waals surface area contributed by atoms with Crippen LogP contribution in [-0.2, 0) is 6.54 Å². The highest BCUT2D eigenvalue weighted by atomic mass is 35.5. The highest BCUT2D eigenvalue weighted by Gasteiger charge is 2.10. The van der Waals surface area contributed by atoms with E-state index in [2.05, 4.69) is 17.2 Å². The smallest absolute Gasteiger partial charge is 0.252 e. The fraction of sp³-hybridized carbons (Fsp3) is 0.188. The number of amides is 1. The maximum absolute atomic E-state index is 12.3. The summed E-state index contributed by atoms with van der Waals surface area (Å²) in [5, 5.41) is 2.88. The number of nitrogens with two attached hydrogens (primary N) is 1. The van der Waals surface area contributed by atoms with Gasteiger partial charge in [-0.05, 0) is 36.8 Å². The van der Waals surface area contributed by atoms with Gasteiger partial charge < -0.3 is 11.1 Å². The maximum atomic E-state index is 12.3. The van der Waals surface area contributed by atoms with Crippen LogP contribution >= 0.6 is 22.9 Å². The Labute approximate surface area is 133 Å². The quantitative estimate of drug-likeness (QED) is 0.855. The number of nitrogens with one attached hydrogen (secondary N) is 1. The van der Waals surface area contributed by atoms with Crippen LogP contribution in [0.4, 0.5) is 0 Å².